The van der Waals surface area contributed by atoms with Crippen LogP contribution in [0.2, 0.25) is 5.02 Å². The topological polar surface area (TPSA) is 123 Å². The van der Waals surface area contributed by atoms with Crippen molar-refractivity contribution in [1.29, 1.82) is 0 Å². The molecule has 2 atom stereocenters. The van der Waals surface area contributed by atoms with Crippen LogP contribution < -0.4 is 10.0 Å². The largest absolute Gasteiger partial charge is 0.466 e. The van der Waals surface area contributed by atoms with Crippen molar-refractivity contribution in [2.75, 3.05) is 19.0 Å². The lowest BCUT2D eigenvalue weighted by Gasteiger charge is -2.35. The van der Waals surface area contributed by atoms with E-state index in [9.17, 15) is 22.4 Å². The van der Waals surface area contributed by atoms with E-state index in [1.54, 1.807) is 13.3 Å². The number of aromatic nitrogens is 2. The fourth-order valence-electron chi connectivity index (χ4n) is 4.02. The Bertz CT molecular complexity index is 1430. The fraction of sp³-hybridized carbons (Fsp3) is 0.375. The number of likely N-dealkylation sites (N-methyl/N-ethyl adjacent to an activating group) is 1. The summed E-state index contributed by atoms with van der Waals surface area (Å²) in [6.07, 6.45) is 4.67. The molecule has 1 aliphatic rings. The molecule has 0 aliphatic carbocycles. The average molecular weight is 584 g/mol. The van der Waals surface area contributed by atoms with Crippen molar-refractivity contribution < 1.29 is 27.1 Å². The molecule has 0 bridgehead atoms. The molecule has 0 saturated carbocycles. The maximum Gasteiger partial charge on any atom is 0.305 e. The van der Waals surface area contributed by atoms with Gasteiger partial charge in [0.1, 0.15) is 11.9 Å². The van der Waals surface area contributed by atoms with E-state index in [0.29, 0.717) is 26.0 Å². The molecule has 3 heterocycles. The molecule has 3 aromatic rings. The van der Waals surface area contributed by atoms with E-state index in [1.807, 2.05) is 22.9 Å². The summed E-state index contributed by atoms with van der Waals surface area (Å²) in [6.45, 7) is 2.73. The zero-order valence-electron chi connectivity index (χ0n) is 20.7. The average Bonchev–Trinajstić information content (AvgIpc) is 3.53. The first-order valence-corrected chi connectivity index (χ1v) is 14.5. The number of imidazole rings is 1. The van der Waals surface area contributed by atoms with Crippen molar-refractivity contribution >= 4 is 50.7 Å². The van der Waals surface area contributed by atoms with Crippen molar-refractivity contribution in [2.24, 2.45) is 0 Å². The van der Waals surface area contributed by atoms with Gasteiger partial charge in [-0.2, -0.15) is 17.4 Å². The number of aryl methyl sites for hydroxylation is 1. The van der Waals surface area contributed by atoms with Gasteiger partial charge in [0.15, 0.2) is 0 Å². The van der Waals surface area contributed by atoms with E-state index in [4.69, 9.17) is 16.3 Å². The van der Waals surface area contributed by atoms with Crippen molar-refractivity contribution in [2.45, 2.75) is 44.8 Å². The number of nitrogens with zero attached hydrogens (tertiary/aromatic N) is 3. The van der Waals surface area contributed by atoms with Gasteiger partial charge < -0.3 is 14.6 Å². The minimum absolute atomic E-state index is 0.153. The summed E-state index contributed by atoms with van der Waals surface area (Å²) in [7, 11) is -2.62. The molecule has 2 aromatic heterocycles. The van der Waals surface area contributed by atoms with Crippen LogP contribution in [-0.2, 0) is 31.1 Å². The molecule has 38 heavy (non-hydrogen) atoms. The van der Waals surface area contributed by atoms with Crippen LogP contribution in [0.15, 0.2) is 42.9 Å². The third kappa shape index (κ3) is 6.59. The van der Waals surface area contributed by atoms with E-state index >= 15 is 0 Å². The number of carbonyl (C=O) groups excluding carboxylic acids is 2. The van der Waals surface area contributed by atoms with Crippen molar-refractivity contribution in [3.05, 3.63) is 58.6 Å². The summed E-state index contributed by atoms with van der Waals surface area (Å²) in [4.78, 5) is 30.5. The predicted molar refractivity (Wildman–Crippen MR) is 142 cm³/mol. The Morgan fingerprint density at radius 2 is 2.11 bits per heavy atom. The molecular weight excluding hydrogens is 557 g/mol. The number of carbonyl (C=O) groups is 2. The molecule has 204 valence electrons. The number of esters is 1. The highest BCUT2D eigenvalue weighted by molar-refractivity contribution is 7.87. The van der Waals surface area contributed by atoms with Gasteiger partial charge >= 0.3 is 5.97 Å². The summed E-state index contributed by atoms with van der Waals surface area (Å²) >= 11 is 7.18. The van der Waals surface area contributed by atoms with Gasteiger partial charge in [0.05, 0.1) is 34.6 Å². The molecule has 4 rings (SSSR count). The molecule has 1 aliphatic heterocycles. The number of halogens is 2. The molecule has 2 unspecified atom stereocenters. The van der Waals surface area contributed by atoms with Crippen LogP contribution in [0.3, 0.4) is 0 Å². The Kier molecular flexibility index (Phi) is 8.83. The number of benzene rings is 1. The lowest BCUT2D eigenvalue weighted by Crippen LogP contribution is -2.55. The summed E-state index contributed by atoms with van der Waals surface area (Å²) in [5.74, 6) is -1.41. The van der Waals surface area contributed by atoms with Gasteiger partial charge in [-0.05, 0) is 50.1 Å². The Labute approximate surface area is 228 Å². The van der Waals surface area contributed by atoms with Gasteiger partial charge in [0.2, 0.25) is 5.91 Å². The second-order valence-electron chi connectivity index (χ2n) is 8.67. The van der Waals surface area contributed by atoms with Crippen molar-refractivity contribution in [3.8, 4) is 10.6 Å². The summed E-state index contributed by atoms with van der Waals surface area (Å²) in [6, 6.07) is 5.78. The highest BCUT2D eigenvalue weighted by Gasteiger charge is 2.41. The quantitative estimate of drug-likeness (QED) is 0.368. The lowest BCUT2D eigenvalue weighted by molar-refractivity contribution is -0.143. The van der Waals surface area contributed by atoms with E-state index < -0.39 is 34.0 Å². The van der Waals surface area contributed by atoms with E-state index in [-0.39, 0.29) is 23.1 Å². The Hall–Kier alpha value is -2.84. The van der Waals surface area contributed by atoms with Crippen molar-refractivity contribution in [1.82, 2.24) is 18.6 Å². The number of anilines is 1. The van der Waals surface area contributed by atoms with Gasteiger partial charge in [-0.3, -0.25) is 9.59 Å². The summed E-state index contributed by atoms with van der Waals surface area (Å²) in [5, 5.41) is 2.47. The Morgan fingerprint density at radius 3 is 2.84 bits per heavy atom. The number of rotatable bonds is 9. The standard InChI is InChI=1S/C24H27ClFN5O5S2/c1-3-36-23(32)5-4-10-31-13-19(27-14-31)22-9-8-21(37-22)18-12-20(30(2)38(34,35)29-18)24(33)28-15-6-7-17(26)16(25)11-15/h6-9,11,13-14,18,20,29H,3-5,10,12H2,1-2H3,(H,28,33). The molecular formula is C24H27ClFN5O5S2. The van der Waals surface area contributed by atoms with Crippen LogP contribution in [0.25, 0.3) is 10.6 Å². The van der Waals surface area contributed by atoms with Crippen LogP contribution in [-0.4, -0.2) is 53.8 Å². The van der Waals surface area contributed by atoms with E-state index in [2.05, 4.69) is 15.0 Å². The zero-order valence-corrected chi connectivity index (χ0v) is 23.1. The predicted octanol–water partition coefficient (Wildman–Crippen LogP) is 3.97. The lowest BCUT2D eigenvalue weighted by atomic mass is 10.1. The maximum atomic E-state index is 13.5. The first-order chi connectivity index (χ1) is 18.1. The van der Waals surface area contributed by atoms with Crippen LogP contribution in [0.5, 0.6) is 0 Å². The van der Waals surface area contributed by atoms with Crippen molar-refractivity contribution in [3.63, 3.8) is 0 Å². The minimum atomic E-state index is -3.95. The summed E-state index contributed by atoms with van der Waals surface area (Å²) in [5.41, 5.74) is 0.981. The van der Waals surface area contributed by atoms with E-state index in [1.165, 1.54) is 30.5 Å². The SMILES string of the molecule is CCOC(=O)CCCn1cnc(-c2ccc(C3CC(C(=O)Nc4ccc(F)c(Cl)c4)N(C)S(=O)(=O)N3)s2)c1. The molecule has 0 radical (unpaired) electrons. The third-order valence-electron chi connectivity index (χ3n) is 6.02. The number of nitrogens with one attached hydrogen (secondary N) is 2. The molecule has 1 fully saturated rings. The molecule has 1 aromatic carbocycles. The number of amides is 1. The summed E-state index contributed by atoms with van der Waals surface area (Å²) < 4.78 is 49.5. The smallest absolute Gasteiger partial charge is 0.305 e. The van der Waals surface area contributed by atoms with Gasteiger partial charge in [0.25, 0.3) is 10.2 Å². The Morgan fingerprint density at radius 1 is 1.32 bits per heavy atom. The van der Waals surface area contributed by atoms with Crippen LogP contribution >= 0.6 is 22.9 Å². The van der Waals surface area contributed by atoms with E-state index in [0.717, 1.165) is 25.8 Å². The molecule has 2 N–H and O–H groups in total. The second kappa shape index (κ2) is 11.9. The van der Waals surface area contributed by atoms with Gasteiger partial charge in [-0.15, -0.1) is 11.3 Å². The fourth-order valence-corrected chi connectivity index (χ4v) is 6.58. The molecule has 14 heteroatoms. The number of ether oxygens (including phenoxy) is 1. The number of hydrogen-bond donors (Lipinski definition) is 2. The second-order valence-corrected chi connectivity index (χ2v) is 12.0. The molecule has 1 saturated heterocycles. The number of thiophene rings is 1. The number of hydrogen-bond acceptors (Lipinski definition) is 7. The molecule has 0 spiro atoms. The third-order valence-corrected chi connectivity index (χ3v) is 9.12. The maximum absolute atomic E-state index is 13.5. The zero-order chi connectivity index (χ0) is 27.4. The highest BCUT2D eigenvalue weighted by atomic mass is 35.5. The van der Waals surface area contributed by atoms with Crippen LogP contribution in [0.1, 0.15) is 37.1 Å². The van der Waals surface area contributed by atoms with Gasteiger partial charge in [-0.1, -0.05) is 11.6 Å². The highest BCUT2D eigenvalue weighted by Crippen LogP contribution is 2.36. The minimum Gasteiger partial charge on any atom is -0.466 e. The van der Waals surface area contributed by atoms with Gasteiger partial charge in [0, 0.05) is 36.8 Å². The first-order valence-electron chi connectivity index (χ1n) is 11.9. The molecule has 1 amide bonds. The Balaban J connectivity index is 1.44. The molecule has 10 nitrogen and oxygen atoms in total. The van der Waals surface area contributed by atoms with Gasteiger partial charge in [-0.25, -0.2) is 9.37 Å². The first kappa shape index (κ1) is 28.2. The normalized spacial score (nSPS) is 19.3. The van der Waals surface area contributed by atoms with Crippen LogP contribution in [0.4, 0.5) is 10.1 Å². The van der Waals surface area contributed by atoms with Crippen LogP contribution in [0, 0.1) is 5.82 Å². The monoisotopic (exact) mass is 583 g/mol.